The summed E-state index contributed by atoms with van der Waals surface area (Å²) in [5, 5.41) is 3.56. The van der Waals surface area contributed by atoms with Crippen molar-refractivity contribution in [3.05, 3.63) is 0 Å². The van der Waals surface area contributed by atoms with Gasteiger partial charge in [0, 0.05) is 11.6 Å². The maximum atomic E-state index is 3.56. The van der Waals surface area contributed by atoms with Crippen molar-refractivity contribution in [1.82, 2.24) is 10.2 Å². The van der Waals surface area contributed by atoms with Gasteiger partial charge < -0.3 is 10.2 Å². The molecule has 2 nitrogen and oxygen atoms in total. The van der Waals surface area contributed by atoms with Gasteiger partial charge in [-0.3, -0.25) is 0 Å². The summed E-state index contributed by atoms with van der Waals surface area (Å²) < 4.78 is 0. The third-order valence-electron chi connectivity index (χ3n) is 3.55. The van der Waals surface area contributed by atoms with Crippen LogP contribution in [0.1, 0.15) is 53.9 Å². The summed E-state index contributed by atoms with van der Waals surface area (Å²) in [6.07, 6.45) is 4.04. The van der Waals surface area contributed by atoms with Crippen LogP contribution in [0.25, 0.3) is 0 Å². The van der Waals surface area contributed by atoms with Crippen LogP contribution in [-0.2, 0) is 0 Å². The average molecular weight is 226 g/mol. The second kappa shape index (κ2) is 6.02. The second-order valence-corrected chi connectivity index (χ2v) is 6.54. The maximum Gasteiger partial charge on any atom is 0.00965 e. The second-order valence-electron chi connectivity index (χ2n) is 6.54. The van der Waals surface area contributed by atoms with Crippen LogP contribution in [0.15, 0.2) is 0 Å². The minimum absolute atomic E-state index is 0.266. The Balaban J connectivity index is 2.13. The molecule has 1 N–H and O–H groups in total. The van der Waals surface area contributed by atoms with Crippen molar-refractivity contribution < 1.29 is 0 Å². The Labute approximate surface area is 102 Å². The lowest BCUT2D eigenvalue weighted by Gasteiger charge is -2.36. The van der Waals surface area contributed by atoms with Gasteiger partial charge in [0.2, 0.25) is 0 Å². The van der Waals surface area contributed by atoms with Crippen molar-refractivity contribution in [3.63, 3.8) is 0 Å². The van der Waals surface area contributed by atoms with Crippen molar-refractivity contribution in [1.29, 1.82) is 0 Å². The van der Waals surface area contributed by atoms with Gasteiger partial charge in [-0.15, -0.1) is 0 Å². The molecule has 1 aliphatic heterocycles. The topological polar surface area (TPSA) is 15.3 Å². The lowest BCUT2D eigenvalue weighted by atomic mass is 9.93. The van der Waals surface area contributed by atoms with E-state index in [0.29, 0.717) is 0 Å². The summed E-state index contributed by atoms with van der Waals surface area (Å²) in [5.74, 6) is 0.930. The number of piperidine rings is 1. The van der Waals surface area contributed by atoms with Crippen LogP contribution in [0.2, 0.25) is 0 Å². The van der Waals surface area contributed by atoms with Gasteiger partial charge in [-0.25, -0.2) is 0 Å². The van der Waals surface area contributed by atoms with E-state index in [9.17, 15) is 0 Å². The Hall–Kier alpha value is -0.0800. The lowest BCUT2D eigenvalue weighted by Crippen LogP contribution is -2.42. The van der Waals surface area contributed by atoms with E-state index in [1.807, 2.05) is 0 Å². The number of hydrogen-bond donors (Lipinski definition) is 1. The van der Waals surface area contributed by atoms with Gasteiger partial charge in [-0.05, 0) is 72.5 Å². The Morgan fingerprint density at radius 2 is 1.94 bits per heavy atom. The predicted molar refractivity (Wildman–Crippen MR) is 71.8 cm³/mol. The number of nitrogens with one attached hydrogen (secondary N) is 1. The van der Waals surface area contributed by atoms with Crippen LogP contribution in [0.3, 0.4) is 0 Å². The summed E-state index contributed by atoms with van der Waals surface area (Å²) in [5.41, 5.74) is 0.266. The molecule has 0 aromatic heterocycles. The van der Waals surface area contributed by atoms with Gasteiger partial charge in [-0.1, -0.05) is 6.92 Å². The number of rotatable bonds is 4. The highest BCUT2D eigenvalue weighted by molar-refractivity contribution is 4.77. The van der Waals surface area contributed by atoms with Gasteiger partial charge in [0.25, 0.3) is 0 Å². The molecule has 16 heavy (non-hydrogen) atoms. The van der Waals surface area contributed by atoms with Gasteiger partial charge in [0.1, 0.15) is 0 Å². The Morgan fingerprint density at radius 3 is 2.50 bits per heavy atom. The maximum absolute atomic E-state index is 3.56. The molecule has 0 bridgehead atoms. The third-order valence-corrected chi connectivity index (χ3v) is 3.55. The number of likely N-dealkylation sites (tertiary alicyclic amines) is 1. The van der Waals surface area contributed by atoms with Gasteiger partial charge in [0.15, 0.2) is 0 Å². The van der Waals surface area contributed by atoms with E-state index in [0.717, 1.165) is 18.5 Å². The summed E-state index contributed by atoms with van der Waals surface area (Å²) in [6, 6.07) is 0.790. The zero-order valence-electron chi connectivity index (χ0n) is 11.8. The van der Waals surface area contributed by atoms with Crippen molar-refractivity contribution in [3.8, 4) is 0 Å². The molecule has 0 aliphatic carbocycles. The normalized spacial score (nSPS) is 28.3. The van der Waals surface area contributed by atoms with Crippen LogP contribution < -0.4 is 5.32 Å². The molecule has 2 atom stereocenters. The highest BCUT2D eigenvalue weighted by Gasteiger charge is 2.22. The molecular formula is C14H30N2. The van der Waals surface area contributed by atoms with E-state index in [4.69, 9.17) is 0 Å². The summed E-state index contributed by atoms with van der Waals surface area (Å²) in [7, 11) is 0. The molecule has 2 heteroatoms. The molecule has 96 valence electrons. The first-order chi connectivity index (χ1) is 7.38. The van der Waals surface area contributed by atoms with Crippen molar-refractivity contribution >= 4 is 0 Å². The van der Waals surface area contributed by atoms with Crippen LogP contribution in [0.4, 0.5) is 0 Å². The molecule has 1 aliphatic rings. The first-order valence-corrected chi connectivity index (χ1v) is 6.87. The Morgan fingerprint density at radius 1 is 1.25 bits per heavy atom. The first kappa shape index (κ1) is 14.0. The number of nitrogens with zero attached hydrogens (tertiary/aromatic N) is 1. The van der Waals surface area contributed by atoms with Gasteiger partial charge >= 0.3 is 0 Å². The van der Waals surface area contributed by atoms with Crippen molar-refractivity contribution in [2.24, 2.45) is 5.92 Å². The largest absolute Gasteiger partial charge is 0.312 e. The van der Waals surface area contributed by atoms with Gasteiger partial charge in [-0.2, -0.15) is 0 Å². The van der Waals surface area contributed by atoms with Crippen LogP contribution >= 0.6 is 0 Å². The number of hydrogen-bond acceptors (Lipinski definition) is 2. The predicted octanol–water partition coefficient (Wildman–Crippen LogP) is 2.89. The Kier molecular flexibility index (Phi) is 5.26. The summed E-state index contributed by atoms with van der Waals surface area (Å²) in [4.78, 5) is 2.66. The minimum Gasteiger partial charge on any atom is -0.312 e. The van der Waals surface area contributed by atoms with E-state index in [1.165, 1.54) is 32.4 Å². The fourth-order valence-electron chi connectivity index (χ4n) is 2.53. The van der Waals surface area contributed by atoms with Crippen LogP contribution in [-0.4, -0.2) is 36.1 Å². The van der Waals surface area contributed by atoms with E-state index in [2.05, 4.69) is 44.8 Å². The van der Waals surface area contributed by atoms with Crippen molar-refractivity contribution in [2.75, 3.05) is 19.6 Å². The summed E-state index contributed by atoms with van der Waals surface area (Å²) >= 11 is 0. The molecule has 0 aromatic rings. The quantitative estimate of drug-likeness (QED) is 0.742. The molecule has 0 radical (unpaired) electrons. The van der Waals surface area contributed by atoms with E-state index < -0.39 is 0 Å². The lowest BCUT2D eigenvalue weighted by molar-refractivity contribution is 0.127. The highest BCUT2D eigenvalue weighted by Crippen LogP contribution is 2.21. The minimum atomic E-state index is 0.266. The van der Waals surface area contributed by atoms with E-state index in [1.54, 1.807) is 0 Å². The smallest absolute Gasteiger partial charge is 0.00965 e. The molecule has 1 rings (SSSR count). The highest BCUT2D eigenvalue weighted by atomic mass is 15.2. The Bertz CT molecular complexity index is 195. The van der Waals surface area contributed by atoms with E-state index in [-0.39, 0.29) is 5.54 Å². The SMILES string of the molecule is CC1CCN(CCCNC(C)(C)C)C(C)C1. The fourth-order valence-corrected chi connectivity index (χ4v) is 2.53. The zero-order chi connectivity index (χ0) is 12.2. The third kappa shape index (κ3) is 5.31. The zero-order valence-corrected chi connectivity index (χ0v) is 11.8. The fraction of sp³-hybridized carbons (Fsp3) is 1.00. The standard InChI is InChI=1S/C14H30N2/c1-12-7-10-16(13(2)11-12)9-6-8-15-14(3,4)5/h12-13,15H,6-11H2,1-5H3. The molecule has 1 fully saturated rings. The van der Waals surface area contributed by atoms with Crippen molar-refractivity contribution in [2.45, 2.75) is 65.5 Å². The molecule has 2 unspecified atom stereocenters. The molecule has 1 heterocycles. The molecular weight excluding hydrogens is 196 g/mol. The summed E-state index contributed by atoms with van der Waals surface area (Å²) in [6.45, 7) is 15.2. The average Bonchev–Trinajstić information content (AvgIpc) is 2.13. The molecule has 1 saturated heterocycles. The first-order valence-electron chi connectivity index (χ1n) is 6.87. The molecule has 0 amide bonds. The monoisotopic (exact) mass is 226 g/mol. The van der Waals surface area contributed by atoms with Gasteiger partial charge in [0.05, 0.1) is 0 Å². The van der Waals surface area contributed by atoms with Crippen LogP contribution in [0.5, 0.6) is 0 Å². The molecule has 0 spiro atoms. The molecule has 0 aromatic carbocycles. The van der Waals surface area contributed by atoms with Crippen LogP contribution in [0, 0.1) is 5.92 Å². The molecule has 0 saturated carbocycles. The van der Waals surface area contributed by atoms with E-state index >= 15 is 0 Å².